The summed E-state index contributed by atoms with van der Waals surface area (Å²) in [7, 11) is 0. The van der Waals surface area contributed by atoms with E-state index in [-0.39, 0.29) is 11.2 Å². The molecule has 2 aromatic rings. The van der Waals surface area contributed by atoms with Crippen LogP contribution in [0.5, 0.6) is 0 Å². The monoisotopic (exact) mass is 240 g/mol. The maximum Gasteiger partial charge on any atom is 0.170 e. The van der Waals surface area contributed by atoms with Crippen LogP contribution in [-0.2, 0) is 0 Å². The molecular weight excluding hydrogens is 224 g/mol. The van der Waals surface area contributed by atoms with Gasteiger partial charge in [-0.05, 0) is 24.4 Å². The van der Waals surface area contributed by atoms with Crippen molar-refractivity contribution in [2.75, 3.05) is 13.1 Å². The minimum atomic E-state index is -0.274. The van der Waals surface area contributed by atoms with Crippen molar-refractivity contribution in [3.8, 4) is 0 Å². The molecule has 0 spiro atoms. The van der Waals surface area contributed by atoms with Gasteiger partial charge in [-0.3, -0.25) is 9.78 Å². The molecule has 1 aromatic heterocycles. The first-order valence-electron chi connectivity index (χ1n) is 6.29. The second-order valence-corrected chi connectivity index (χ2v) is 5.22. The Bertz CT molecular complexity index is 595. The number of benzene rings is 1. The van der Waals surface area contributed by atoms with E-state index in [0.29, 0.717) is 0 Å². The molecule has 1 saturated heterocycles. The van der Waals surface area contributed by atoms with E-state index in [4.69, 9.17) is 0 Å². The number of carbonyl (C=O) groups is 1. The number of pyridine rings is 1. The van der Waals surface area contributed by atoms with E-state index in [0.717, 1.165) is 35.8 Å². The van der Waals surface area contributed by atoms with Crippen LogP contribution < -0.4 is 5.32 Å². The van der Waals surface area contributed by atoms with E-state index in [9.17, 15) is 4.79 Å². The minimum Gasteiger partial charge on any atom is -0.316 e. The summed E-state index contributed by atoms with van der Waals surface area (Å²) >= 11 is 0. The quantitative estimate of drug-likeness (QED) is 0.820. The number of hydrogen-bond donors (Lipinski definition) is 1. The van der Waals surface area contributed by atoms with Crippen LogP contribution in [0.4, 0.5) is 0 Å². The first-order valence-corrected chi connectivity index (χ1v) is 6.29. The summed E-state index contributed by atoms with van der Waals surface area (Å²) in [4.78, 5) is 16.9. The molecule has 18 heavy (non-hydrogen) atoms. The van der Waals surface area contributed by atoms with Crippen molar-refractivity contribution >= 4 is 16.6 Å². The highest BCUT2D eigenvalue weighted by atomic mass is 16.1. The first-order chi connectivity index (χ1) is 8.71. The molecule has 3 rings (SSSR count). The summed E-state index contributed by atoms with van der Waals surface area (Å²) in [5, 5.41) is 5.31. The Morgan fingerprint density at radius 2 is 2.28 bits per heavy atom. The Morgan fingerprint density at radius 1 is 1.39 bits per heavy atom. The molecule has 3 nitrogen and oxygen atoms in total. The summed E-state index contributed by atoms with van der Waals surface area (Å²) in [6.45, 7) is 3.73. The topological polar surface area (TPSA) is 42.0 Å². The van der Waals surface area contributed by atoms with Gasteiger partial charge in [0.25, 0.3) is 0 Å². The van der Waals surface area contributed by atoms with Crippen LogP contribution in [0.15, 0.2) is 36.7 Å². The number of hydrogen-bond acceptors (Lipinski definition) is 3. The largest absolute Gasteiger partial charge is 0.316 e. The van der Waals surface area contributed by atoms with Crippen LogP contribution >= 0.6 is 0 Å². The Kier molecular flexibility index (Phi) is 2.63. The van der Waals surface area contributed by atoms with Crippen molar-refractivity contribution in [2.24, 2.45) is 5.41 Å². The average molecular weight is 240 g/mol. The van der Waals surface area contributed by atoms with Crippen molar-refractivity contribution in [1.82, 2.24) is 10.3 Å². The number of ketones is 1. The molecule has 92 valence electrons. The van der Waals surface area contributed by atoms with Gasteiger partial charge >= 0.3 is 0 Å². The predicted molar refractivity (Wildman–Crippen MR) is 71.7 cm³/mol. The van der Waals surface area contributed by atoms with E-state index < -0.39 is 0 Å². The Hall–Kier alpha value is -1.74. The second-order valence-electron chi connectivity index (χ2n) is 5.22. The lowest BCUT2D eigenvalue weighted by atomic mass is 9.80. The van der Waals surface area contributed by atoms with Gasteiger partial charge in [0.2, 0.25) is 0 Å². The molecule has 0 bridgehead atoms. The highest BCUT2D eigenvalue weighted by Gasteiger charge is 2.37. The third kappa shape index (κ3) is 1.71. The minimum absolute atomic E-state index is 0.228. The summed E-state index contributed by atoms with van der Waals surface area (Å²) in [5.41, 5.74) is 0.524. The number of nitrogens with zero attached hydrogens (tertiary/aromatic N) is 1. The van der Waals surface area contributed by atoms with Gasteiger partial charge in [-0.1, -0.05) is 25.1 Å². The van der Waals surface area contributed by atoms with Crippen LogP contribution in [0.1, 0.15) is 23.7 Å². The highest BCUT2D eigenvalue weighted by molar-refractivity contribution is 6.10. The normalized spacial score (nSPS) is 23.4. The number of nitrogens with one attached hydrogen (secondary N) is 1. The Balaban J connectivity index is 2.12. The molecule has 1 unspecified atom stereocenters. The van der Waals surface area contributed by atoms with E-state index in [1.54, 1.807) is 12.4 Å². The lowest BCUT2D eigenvalue weighted by Gasteiger charge is -2.21. The van der Waals surface area contributed by atoms with Crippen molar-refractivity contribution in [2.45, 2.75) is 13.3 Å². The molecule has 2 heterocycles. The van der Waals surface area contributed by atoms with Crippen LogP contribution in [0.25, 0.3) is 10.8 Å². The highest BCUT2D eigenvalue weighted by Crippen LogP contribution is 2.31. The van der Waals surface area contributed by atoms with E-state index in [1.165, 1.54) is 0 Å². The number of fused-ring (bicyclic) bond motifs is 1. The van der Waals surface area contributed by atoms with Crippen LogP contribution in [0.2, 0.25) is 0 Å². The maximum absolute atomic E-state index is 12.7. The second kappa shape index (κ2) is 4.18. The molecule has 1 aliphatic rings. The Labute approximate surface area is 106 Å². The van der Waals surface area contributed by atoms with Gasteiger partial charge in [0, 0.05) is 35.3 Å². The zero-order chi connectivity index (χ0) is 12.6. The van der Waals surface area contributed by atoms with Crippen molar-refractivity contribution < 1.29 is 4.79 Å². The fraction of sp³-hybridized carbons (Fsp3) is 0.333. The average Bonchev–Trinajstić information content (AvgIpc) is 2.85. The van der Waals surface area contributed by atoms with Gasteiger partial charge < -0.3 is 5.32 Å². The molecule has 0 amide bonds. The molecule has 3 heteroatoms. The van der Waals surface area contributed by atoms with E-state index in [2.05, 4.69) is 10.3 Å². The molecule has 1 fully saturated rings. The lowest BCUT2D eigenvalue weighted by Crippen LogP contribution is -2.30. The molecular formula is C15H16N2O. The zero-order valence-electron chi connectivity index (χ0n) is 10.4. The standard InChI is InChI=1S/C15H16N2O/c1-15(6-8-17-10-15)14(18)12-4-2-3-11-5-7-16-9-13(11)12/h2-5,7,9,17H,6,8,10H2,1H3. The van der Waals surface area contributed by atoms with E-state index >= 15 is 0 Å². The molecule has 0 radical (unpaired) electrons. The fourth-order valence-electron chi connectivity index (χ4n) is 2.65. The van der Waals surface area contributed by atoms with Gasteiger partial charge in [-0.2, -0.15) is 0 Å². The first kappa shape index (κ1) is 11.4. The van der Waals surface area contributed by atoms with Crippen molar-refractivity contribution in [3.05, 3.63) is 42.2 Å². The SMILES string of the molecule is CC1(C(=O)c2cccc3ccncc23)CCNC1. The number of aromatic nitrogens is 1. The number of Topliss-reactive ketones (excluding diaryl/α,β-unsaturated/α-hetero) is 1. The van der Waals surface area contributed by atoms with Gasteiger partial charge in [-0.15, -0.1) is 0 Å². The Morgan fingerprint density at radius 3 is 3.06 bits per heavy atom. The zero-order valence-corrected chi connectivity index (χ0v) is 10.4. The molecule has 1 N–H and O–H groups in total. The van der Waals surface area contributed by atoms with Gasteiger partial charge in [0.05, 0.1) is 0 Å². The molecule has 0 saturated carbocycles. The van der Waals surface area contributed by atoms with Crippen LogP contribution in [0.3, 0.4) is 0 Å². The lowest BCUT2D eigenvalue weighted by molar-refractivity contribution is 0.0841. The smallest absolute Gasteiger partial charge is 0.170 e. The molecule has 1 aromatic carbocycles. The van der Waals surface area contributed by atoms with Crippen LogP contribution in [0, 0.1) is 5.41 Å². The summed E-state index contributed by atoms with van der Waals surface area (Å²) in [6, 6.07) is 7.82. The maximum atomic E-state index is 12.7. The van der Waals surface area contributed by atoms with E-state index in [1.807, 2.05) is 31.2 Å². The predicted octanol–water partition coefficient (Wildman–Crippen LogP) is 2.42. The summed E-state index contributed by atoms with van der Waals surface area (Å²) in [6.07, 6.45) is 4.45. The van der Waals surface area contributed by atoms with Gasteiger partial charge in [0.1, 0.15) is 0 Å². The number of carbonyl (C=O) groups excluding carboxylic acids is 1. The third-order valence-electron chi connectivity index (χ3n) is 3.85. The molecule has 1 atom stereocenters. The summed E-state index contributed by atoms with van der Waals surface area (Å²) in [5.74, 6) is 0.228. The third-order valence-corrected chi connectivity index (χ3v) is 3.85. The molecule has 1 aliphatic heterocycles. The fourth-order valence-corrected chi connectivity index (χ4v) is 2.65. The van der Waals surface area contributed by atoms with Crippen LogP contribution in [-0.4, -0.2) is 23.9 Å². The number of rotatable bonds is 2. The summed E-state index contributed by atoms with van der Waals surface area (Å²) < 4.78 is 0. The molecule has 0 aliphatic carbocycles. The van der Waals surface area contributed by atoms with Crippen molar-refractivity contribution in [1.29, 1.82) is 0 Å². The van der Waals surface area contributed by atoms with Gasteiger partial charge in [-0.25, -0.2) is 0 Å². The van der Waals surface area contributed by atoms with Gasteiger partial charge in [0.15, 0.2) is 5.78 Å². The van der Waals surface area contributed by atoms with Crippen molar-refractivity contribution in [3.63, 3.8) is 0 Å².